The minimum Gasteiger partial charge on any atom is -0.467 e. The Balaban J connectivity index is 1.44. The first kappa shape index (κ1) is 18.7. The third-order valence-electron chi connectivity index (χ3n) is 4.47. The molecular weight excluding hydrogens is 348 g/mol. The van der Waals surface area contributed by atoms with Crippen LogP contribution in [0.4, 0.5) is 5.69 Å². The lowest BCUT2D eigenvalue weighted by Gasteiger charge is -2.14. The number of ether oxygens (including phenoxy) is 1. The van der Waals surface area contributed by atoms with Crippen LogP contribution in [-0.2, 0) is 32.1 Å². The van der Waals surface area contributed by atoms with Crippen molar-refractivity contribution in [3.05, 3.63) is 54.0 Å². The number of anilines is 1. The lowest BCUT2D eigenvalue weighted by molar-refractivity contribution is -0.151. The Bertz CT molecular complexity index is 798. The van der Waals surface area contributed by atoms with Gasteiger partial charge in [-0.15, -0.1) is 0 Å². The summed E-state index contributed by atoms with van der Waals surface area (Å²) in [5.74, 6) is -0.991. The molecule has 2 amide bonds. The standard InChI is InChI=1S/C20H22N2O5/c1-2-14-5-7-16(8-6-14)21-18(23)13-27-20(25)15-10-19(24)22(11-15)12-17-4-3-9-26-17/h3-9,15H,2,10-13H2,1H3,(H,21,23)/t15-/m1/s1. The molecule has 1 N–H and O–H groups in total. The number of nitrogens with one attached hydrogen (secondary N) is 1. The minimum absolute atomic E-state index is 0.0830. The molecular formula is C20H22N2O5. The second kappa shape index (κ2) is 8.53. The van der Waals surface area contributed by atoms with Crippen molar-refractivity contribution in [1.82, 2.24) is 4.90 Å². The maximum atomic E-state index is 12.2. The highest BCUT2D eigenvalue weighted by atomic mass is 16.5. The maximum absolute atomic E-state index is 12.2. The number of carbonyl (C=O) groups excluding carboxylic acids is 3. The summed E-state index contributed by atoms with van der Waals surface area (Å²) in [5, 5.41) is 2.68. The Morgan fingerprint density at radius 2 is 2.04 bits per heavy atom. The molecule has 2 aromatic rings. The van der Waals surface area contributed by atoms with Crippen LogP contribution < -0.4 is 5.32 Å². The van der Waals surface area contributed by atoms with E-state index < -0.39 is 17.8 Å². The van der Waals surface area contributed by atoms with Gasteiger partial charge in [-0.3, -0.25) is 14.4 Å². The maximum Gasteiger partial charge on any atom is 0.311 e. The molecule has 0 aliphatic carbocycles. The molecule has 1 saturated heterocycles. The molecule has 1 aromatic heterocycles. The monoisotopic (exact) mass is 370 g/mol. The number of amides is 2. The van der Waals surface area contributed by atoms with Gasteiger partial charge in [0.25, 0.3) is 5.91 Å². The summed E-state index contributed by atoms with van der Waals surface area (Å²) >= 11 is 0. The van der Waals surface area contributed by atoms with E-state index in [1.54, 1.807) is 29.2 Å². The Kier molecular flexibility index (Phi) is 5.90. The highest BCUT2D eigenvalue weighted by Crippen LogP contribution is 2.21. The van der Waals surface area contributed by atoms with Gasteiger partial charge in [0, 0.05) is 18.7 Å². The van der Waals surface area contributed by atoms with Crippen molar-refractivity contribution in [2.45, 2.75) is 26.3 Å². The zero-order valence-corrected chi connectivity index (χ0v) is 15.1. The number of nitrogens with zero attached hydrogens (tertiary/aromatic N) is 1. The van der Waals surface area contributed by atoms with Gasteiger partial charge >= 0.3 is 5.97 Å². The molecule has 27 heavy (non-hydrogen) atoms. The second-order valence-corrected chi connectivity index (χ2v) is 6.46. The average Bonchev–Trinajstić information content (AvgIpc) is 3.31. The summed E-state index contributed by atoms with van der Waals surface area (Å²) in [4.78, 5) is 37.7. The predicted octanol–water partition coefficient (Wildman–Crippen LogP) is 2.37. The quantitative estimate of drug-likeness (QED) is 0.756. The Morgan fingerprint density at radius 1 is 1.26 bits per heavy atom. The second-order valence-electron chi connectivity index (χ2n) is 6.46. The van der Waals surface area contributed by atoms with Crippen LogP contribution in [0.2, 0.25) is 0 Å². The number of hydrogen-bond acceptors (Lipinski definition) is 5. The third-order valence-corrected chi connectivity index (χ3v) is 4.47. The van der Waals surface area contributed by atoms with Crippen molar-refractivity contribution < 1.29 is 23.5 Å². The van der Waals surface area contributed by atoms with Gasteiger partial charge in [-0.25, -0.2) is 0 Å². The molecule has 7 nitrogen and oxygen atoms in total. The van der Waals surface area contributed by atoms with E-state index in [1.807, 2.05) is 12.1 Å². The molecule has 1 fully saturated rings. The van der Waals surface area contributed by atoms with Crippen molar-refractivity contribution in [2.75, 3.05) is 18.5 Å². The van der Waals surface area contributed by atoms with Crippen LogP contribution in [-0.4, -0.2) is 35.8 Å². The van der Waals surface area contributed by atoms with E-state index in [-0.39, 0.29) is 25.5 Å². The fourth-order valence-corrected chi connectivity index (χ4v) is 2.95. The Labute approximate surface area is 157 Å². The first-order valence-corrected chi connectivity index (χ1v) is 8.90. The lowest BCUT2D eigenvalue weighted by Crippen LogP contribution is -2.28. The van der Waals surface area contributed by atoms with Gasteiger partial charge in [0.1, 0.15) is 5.76 Å². The van der Waals surface area contributed by atoms with Gasteiger partial charge < -0.3 is 19.4 Å². The highest BCUT2D eigenvalue weighted by Gasteiger charge is 2.35. The molecule has 1 aliphatic rings. The number of carbonyl (C=O) groups is 3. The molecule has 0 saturated carbocycles. The number of benzene rings is 1. The summed E-state index contributed by atoms with van der Waals surface area (Å²) in [5.41, 5.74) is 1.82. The first-order chi connectivity index (χ1) is 13.0. The van der Waals surface area contributed by atoms with Crippen LogP contribution in [0.3, 0.4) is 0 Å². The van der Waals surface area contributed by atoms with Crippen LogP contribution in [0.15, 0.2) is 47.1 Å². The predicted molar refractivity (Wildman–Crippen MR) is 97.6 cm³/mol. The SMILES string of the molecule is CCc1ccc(NC(=O)COC(=O)[C@@H]2CC(=O)N(Cc3ccco3)C2)cc1. The number of likely N-dealkylation sites (tertiary alicyclic amines) is 1. The molecule has 1 atom stereocenters. The van der Waals surface area contributed by atoms with Crippen molar-refractivity contribution in [1.29, 1.82) is 0 Å². The average molecular weight is 370 g/mol. The number of hydrogen-bond donors (Lipinski definition) is 1. The van der Waals surface area contributed by atoms with Crippen molar-refractivity contribution >= 4 is 23.5 Å². The van der Waals surface area contributed by atoms with E-state index in [0.29, 0.717) is 18.0 Å². The Hall–Kier alpha value is -3.09. The topological polar surface area (TPSA) is 88.8 Å². The minimum atomic E-state index is -0.566. The normalized spacial score (nSPS) is 16.4. The highest BCUT2D eigenvalue weighted by molar-refractivity contribution is 5.93. The van der Waals surface area contributed by atoms with E-state index in [2.05, 4.69) is 12.2 Å². The summed E-state index contributed by atoms with van der Waals surface area (Å²) in [6.07, 6.45) is 2.54. The van der Waals surface area contributed by atoms with Gasteiger partial charge in [-0.1, -0.05) is 19.1 Å². The molecule has 1 aliphatic heterocycles. The van der Waals surface area contributed by atoms with E-state index in [9.17, 15) is 14.4 Å². The van der Waals surface area contributed by atoms with Crippen LogP contribution in [0.5, 0.6) is 0 Å². The van der Waals surface area contributed by atoms with Crippen molar-refractivity contribution in [3.63, 3.8) is 0 Å². The number of rotatable bonds is 7. The van der Waals surface area contributed by atoms with Crippen LogP contribution >= 0.6 is 0 Å². The zero-order chi connectivity index (χ0) is 19.2. The zero-order valence-electron chi connectivity index (χ0n) is 15.1. The van der Waals surface area contributed by atoms with Gasteiger partial charge in [0.05, 0.1) is 18.7 Å². The molecule has 0 bridgehead atoms. The molecule has 7 heteroatoms. The first-order valence-electron chi connectivity index (χ1n) is 8.90. The lowest BCUT2D eigenvalue weighted by atomic mass is 10.1. The van der Waals surface area contributed by atoms with Gasteiger partial charge in [0.15, 0.2) is 6.61 Å². The van der Waals surface area contributed by atoms with E-state index in [1.165, 1.54) is 11.8 Å². The number of aryl methyl sites for hydroxylation is 1. The number of esters is 1. The molecule has 2 heterocycles. The summed E-state index contributed by atoms with van der Waals surface area (Å²) in [7, 11) is 0. The summed E-state index contributed by atoms with van der Waals surface area (Å²) < 4.78 is 10.3. The summed E-state index contributed by atoms with van der Waals surface area (Å²) in [6, 6.07) is 11.0. The summed E-state index contributed by atoms with van der Waals surface area (Å²) in [6.45, 7) is 2.26. The number of furan rings is 1. The van der Waals surface area contributed by atoms with Gasteiger partial charge in [-0.05, 0) is 36.2 Å². The van der Waals surface area contributed by atoms with E-state index in [0.717, 1.165) is 6.42 Å². The smallest absolute Gasteiger partial charge is 0.311 e. The van der Waals surface area contributed by atoms with E-state index >= 15 is 0 Å². The van der Waals surface area contributed by atoms with E-state index in [4.69, 9.17) is 9.15 Å². The Morgan fingerprint density at radius 3 is 2.70 bits per heavy atom. The van der Waals surface area contributed by atoms with Crippen LogP contribution in [0.25, 0.3) is 0 Å². The fourth-order valence-electron chi connectivity index (χ4n) is 2.95. The van der Waals surface area contributed by atoms with Crippen molar-refractivity contribution in [2.24, 2.45) is 5.92 Å². The van der Waals surface area contributed by atoms with Crippen LogP contribution in [0, 0.1) is 5.92 Å². The van der Waals surface area contributed by atoms with Gasteiger partial charge in [-0.2, -0.15) is 0 Å². The molecule has 0 radical (unpaired) electrons. The molecule has 0 unspecified atom stereocenters. The molecule has 142 valence electrons. The van der Waals surface area contributed by atoms with Crippen LogP contribution in [0.1, 0.15) is 24.7 Å². The van der Waals surface area contributed by atoms with Crippen molar-refractivity contribution in [3.8, 4) is 0 Å². The van der Waals surface area contributed by atoms with Gasteiger partial charge in [0.2, 0.25) is 5.91 Å². The fraction of sp³-hybridized carbons (Fsp3) is 0.350. The third kappa shape index (κ3) is 4.97. The molecule has 1 aromatic carbocycles. The molecule has 3 rings (SSSR count). The molecule has 0 spiro atoms. The largest absolute Gasteiger partial charge is 0.467 e.